The molecule has 4 atom stereocenters. The van der Waals surface area contributed by atoms with E-state index in [1.165, 1.54) is 7.11 Å². The Bertz CT molecular complexity index is 392. The van der Waals surface area contributed by atoms with Gasteiger partial charge in [-0.15, -0.1) is 0 Å². The van der Waals surface area contributed by atoms with E-state index in [-0.39, 0.29) is 41.1 Å². The van der Waals surface area contributed by atoms with Crippen molar-refractivity contribution >= 4 is 20.9 Å². The molecule has 1 N–H and O–H groups in total. The third-order valence-electron chi connectivity index (χ3n) is 4.27. The molecule has 0 aromatic rings. The summed E-state index contributed by atoms with van der Waals surface area (Å²) in [5.41, 5.74) is -0.0557. The first-order valence-corrected chi connectivity index (χ1v) is 10.4. The number of hydrogen-bond acceptors (Lipinski definition) is 4. The molecule has 1 fully saturated rings. The minimum Gasteiger partial charge on any atom is -0.469 e. The van der Waals surface area contributed by atoms with Crippen LogP contribution in [0.1, 0.15) is 27.7 Å². The van der Waals surface area contributed by atoms with E-state index in [1.54, 1.807) is 6.92 Å². The van der Waals surface area contributed by atoms with E-state index < -0.39 is 9.04 Å². The average Bonchev–Trinajstić information content (AvgIpc) is 2.36. The standard InChI is InChI=1S/C15H29NO4Si/c1-9(14(18)19-5)12-11(13(17)16-12)10(15(2,3)4)8-20-21(6)7/h9-12,21H,8H2,1-7H3,(H,16,17)/t9-,10+,11-,12+/m0/s1. The summed E-state index contributed by atoms with van der Waals surface area (Å²) >= 11 is 0. The molecule has 0 saturated carbocycles. The third kappa shape index (κ3) is 4.29. The molecule has 0 aromatic carbocycles. The molecule has 0 radical (unpaired) electrons. The number of hydrogen-bond donors (Lipinski definition) is 1. The number of methoxy groups -OCH3 is 1. The molecule has 122 valence electrons. The number of rotatable bonds is 6. The van der Waals surface area contributed by atoms with Crippen LogP contribution in [0.3, 0.4) is 0 Å². The first-order valence-electron chi connectivity index (χ1n) is 7.59. The summed E-state index contributed by atoms with van der Waals surface area (Å²) in [5.74, 6) is -0.689. The van der Waals surface area contributed by atoms with Gasteiger partial charge in [0.2, 0.25) is 5.91 Å². The summed E-state index contributed by atoms with van der Waals surface area (Å²) in [4.78, 5) is 23.8. The maximum atomic E-state index is 12.1. The van der Waals surface area contributed by atoms with Crippen molar-refractivity contribution in [1.29, 1.82) is 0 Å². The fraction of sp³-hybridized carbons (Fsp3) is 0.867. The number of ether oxygens (including phenoxy) is 1. The molecule has 0 spiro atoms. The molecular formula is C15H29NO4Si. The molecule has 21 heavy (non-hydrogen) atoms. The molecule has 1 aliphatic heterocycles. The lowest BCUT2D eigenvalue weighted by atomic mass is 9.65. The van der Waals surface area contributed by atoms with Gasteiger partial charge in [0.25, 0.3) is 0 Å². The first kappa shape index (κ1) is 18.2. The van der Waals surface area contributed by atoms with E-state index in [0.29, 0.717) is 6.61 Å². The van der Waals surface area contributed by atoms with Crippen molar-refractivity contribution in [2.45, 2.75) is 46.8 Å². The second-order valence-corrected chi connectivity index (χ2v) is 9.66. The topological polar surface area (TPSA) is 64.6 Å². The molecule has 6 heteroatoms. The number of β-lactam (4-membered cyclic amide) rings is 1. The van der Waals surface area contributed by atoms with Gasteiger partial charge in [-0.3, -0.25) is 9.59 Å². The molecule has 0 unspecified atom stereocenters. The molecule has 1 amide bonds. The van der Waals surface area contributed by atoms with Crippen LogP contribution in [0.25, 0.3) is 0 Å². The maximum Gasteiger partial charge on any atom is 0.310 e. The summed E-state index contributed by atoms with van der Waals surface area (Å²) in [6.45, 7) is 13.0. The largest absolute Gasteiger partial charge is 0.469 e. The lowest BCUT2D eigenvalue weighted by Gasteiger charge is -2.48. The fourth-order valence-corrected chi connectivity index (χ4v) is 3.40. The molecule has 1 rings (SSSR count). The predicted octanol–water partition coefficient (Wildman–Crippen LogP) is 1.57. The second-order valence-electron chi connectivity index (χ2n) is 7.23. The van der Waals surface area contributed by atoms with Crippen LogP contribution in [0.5, 0.6) is 0 Å². The van der Waals surface area contributed by atoms with Crippen LogP contribution in [-0.4, -0.2) is 40.7 Å². The Kier molecular flexibility index (Phi) is 5.98. The number of carbonyl (C=O) groups is 2. The molecule has 0 aliphatic carbocycles. The van der Waals surface area contributed by atoms with Gasteiger partial charge in [-0.1, -0.05) is 20.8 Å². The lowest BCUT2D eigenvalue weighted by Crippen LogP contribution is -2.66. The highest BCUT2D eigenvalue weighted by Crippen LogP contribution is 2.40. The summed E-state index contributed by atoms with van der Waals surface area (Å²) in [5, 5.41) is 2.86. The predicted molar refractivity (Wildman–Crippen MR) is 84.4 cm³/mol. The number of nitrogens with one attached hydrogen (secondary N) is 1. The van der Waals surface area contributed by atoms with Crippen molar-refractivity contribution in [3.8, 4) is 0 Å². The quantitative estimate of drug-likeness (QED) is 0.459. The van der Waals surface area contributed by atoms with Gasteiger partial charge in [0.05, 0.1) is 25.0 Å². The van der Waals surface area contributed by atoms with Crippen LogP contribution >= 0.6 is 0 Å². The van der Waals surface area contributed by atoms with E-state index in [2.05, 4.69) is 39.2 Å². The van der Waals surface area contributed by atoms with Crippen LogP contribution in [-0.2, 0) is 18.8 Å². The Balaban J connectivity index is 2.89. The Morgan fingerprint density at radius 1 is 1.38 bits per heavy atom. The van der Waals surface area contributed by atoms with Crippen molar-refractivity contribution in [2.75, 3.05) is 13.7 Å². The molecular weight excluding hydrogens is 286 g/mol. The van der Waals surface area contributed by atoms with Crippen molar-refractivity contribution in [2.24, 2.45) is 23.2 Å². The van der Waals surface area contributed by atoms with Gasteiger partial charge >= 0.3 is 5.97 Å². The van der Waals surface area contributed by atoms with Crippen molar-refractivity contribution in [1.82, 2.24) is 5.32 Å². The van der Waals surface area contributed by atoms with Crippen LogP contribution < -0.4 is 5.32 Å². The Morgan fingerprint density at radius 3 is 2.33 bits per heavy atom. The Labute approximate surface area is 129 Å². The smallest absolute Gasteiger partial charge is 0.310 e. The SMILES string of the molecule is COC(=O)[C@@H](C)[C@H]1NC(=O)[C@H]1[C@@H](CO[SiH](C)C)C(C)(C)C. The van der Waals surface area contributed by atoms with Crippen LogP contribution in [0.15, 0.2) is 0 Å². The van der Waals surface area contributed by atoms with Crippen molar-refractivity contribution in [3.05, 3.63) is 0 Å². The van der Waals surface area contributed by atoms with Crippen LogP contribution in [0, 0.1) is 23.2 Å². The zero-order valence-corrected chi connectivity index (χ0v) is 15.4. The highest BCUT2D eigenvalue weighted by molar-refractivity contribution is 6.48. The minimum atomic E-state index is -1.14. The molecule has 1 heterocycles. The number of amides is 1. The number of carbonyl (C=O) groups excluding carboxylic acids is 2. The third-order valence-corrected chi connectivity index (χ3v) is 5.12. The lowest BCUT2D eigenvalue weighted by molar-refractivity contribution is -0.155. The second kappa shape index (κ2) is 6.92. The van der Waals surface area contributed by atoms with Gasteiger partial charge in [-0.25, -0.2) is 0 Å². The summed E-state index contributed by atoms with van der Waals surface area (Å²) in [7, 11) is 0.237. The summed E-state index contributed by atoms with van der Waals surface area (Å²) < 4.78 is 10.7. The van der Waals surface area contributed by atoms with E-state index in [4.69, 9.17) is 9.16 Å². The van der Waals surface area contributed by atoms with E-state index in [9.17, 15) is 9.59 Å². The van der Waals surface area contributed by atoms with Gasteiger partial charge in [-0.05, 0) is 31.4 Å². The zero-order chi connectivity index (χ0) is 16.4. The summed E-state index contributed by atoms with van der Waals surface area (Å²) in [6.07, 6.45) is 0. The first-order chi connectivity index (χ1) is 9.59. The van der Waals surface area contributed by atoms with Gasteiger partial charge in [0, 0.05) is 6.61 Å². The van der Waals surface area contributed by atoms with Gasteiger partial charge in [-0.2, -0.15) is 0 Å². The maximum absolute atomic E-state index is 12.1. The van der Waals surface area contributed by atoms with Crippen molar-refractivity contribution < 1.29 is 18.8 Å². The van der Waals surface area contributed by atoms with Gasteiger partial charge in [0.15, 0.2) is 9.04 Å². The van der Waals surface area contributed by atoms with E-state index in [0.717, 1.165) is 0 Å². The number of esters is 1. The van der Waals surface area contributed by atoms with E-state index in [1.807, 2.05) is 0 Å². The van der Waals surface area contributed by atoms with Crippen LogP contribution in [0.4, 0.5) is 0 Å². The van der Waals surface area contributed by atoms with Crippen LogP contribution in [0.2, 0.25) is 13.1 Å². The monoisotopic (exact) mass is 315 g/mol. The normalized spacial score (nSPS) is 25.0. The molecule has 0 bridgehead atoms. The Hall–Kier alpha value is -0.883. The average molecular weight is 315 g/mol. The highest BCUT2D eigenvalue weighted by atomic mass is 28.3. The molecule has 1 aliphatic rings. The summed E-state index contributed by atoms with van der Waals surface area (Å²) in [6, 6.07) is -0.161. The highest BCUT2D eigenvalue weighted by Gasteiger charge is 2.51. The Morgan fingerprint density at radius 2 is 1.95 bits per heavy atom. The molecule has 0 aromatic heterocycles. The fourth-order valence-electron chi connectivity index (χ4n) is 2.81. The van der Waals surface area contributed by atoms with Crippen molar-refractivity contribution in [3.63, 3.8) is 0 Å². The van der Waals surface area contributed by atoms with E-state index >= 15 is 0 Å². The minimum absolute atomic E-state index is 0.0182. The van der Waals surface area contributed by atoms with Gasteiger partial charge < -0.3 is 14.5 Å². The molecule has 5 nitrogen and oxygen atoms in total. The molecule has 1 saturated heterocycles. The zero-order valence-electron chi connectivity index (χ0n) is 14.2. The van der Waals surface area contributed by atoms with Gasteiger partial charge in [0.1, 0.15) is 0 Å².